The van der Waals surface area contributed by atoms with Gasteiger partial charge in [0.2, 0.25) is 0 Å². The van der Waals surface area contributed by atoms with Crippen LogP contribution in [0.4, 0.5) is 4.39 Å². The highest BCUT2D eigenvalue weighted by Crippen LogP contribution is 2.34. The predicted octanol–water partition coefficient (Wildman–Crippen LogP) is 3.20. The molecule has 0 bridgehead atoms. The number of hydrogen-bond acceptors (Lipinski definition) is 3. The molecule has 0 aliphatic rings. The Balaban J connectivity index is 1.87. The zero-order valence-electron chi connectivity index (χ0n) is 13.3. The summed E-state index contributed by atoms with van der Waals surface area (Å²) in [5.41, 5.74) is 1.62. The van der Waals surface area contributed by atoms with Gasteiger partial charge in [0, 0.05) is 34.9 Å². The Labute approximate surface area is 134 Å². The van der Waals surface area contributed by atoms with Gasteiger partial charge < -0.3 is 20.1 Å². The van der Waals surface area contributed by atoms with Crippen LogP contribution in [0.15, 0.2) is 36.4 Å². The SMILES string of the molecule is CC(C)NCC(O)COc1cc(F)cc2[nH]c3ccccc3c12. The van der Waals surface area contributed by atoms with Gasteiger partial charge in [0.25, 0.3) is 0 Å². The third-order valence-corrected chi connectivity index (χ3v) is 3.73. The number of halogens is 1. The minimum Gasteiger partial charge on any atom is -0.490 e. The monoisotopic (exact) mass is 316 g/mol. The number of aliphatic hydroxyl groups is 1. The summed E-state index contributed by atoms with van der Waals surface area (Å²) in [5.74, 6) is 0.0786. The maximum absolute atomic E-state index is 13.8. The van der Waals surface area contributed by atoms with Crippen molar-refractivity contribution in [3.8, 4) is 5.75 Å². The van der Waals surface area contributed by atoms with Gasteiger partial charge in [-0.1, -0.05) is 32.0 Å². The maximum atomic E-state index is 13.8. The average molecular weight is 316 g/mol. The van der Waals surface area contributed by atoms with E-state index >= 15 is 0 Å². The van der Waals surface area contributed by atoms with E-state index in [1.807, 2.05) is 38.1 Å². The third kappa shape index (κ3) is 3.46. The maximum Gasteiger partial charge on any atom is 0.132 e. The fraction of sp³-hybridized carbons (Fsp3) is 0.333. The molecule has 0 aliphatic heterocycles. The summed E-state index contributed by atoms with van der Waals surface area (Å²) < 4.78 is 19.5. The number of aromatic amines is 1. The van der Waals surface area contributed by atoms with Crippen LogP contribution in [0.1, 0.15) is 13.8 Å². The predicted molar refractivity (Wildman–Crippen MR) is 90.4 cm³/mol. The Morgan fingerprint density at radius 2 is 2.00 bits per heavy atom. The molecule has 3 aromatic rings. The minimum atomic E-state index is -0.652. The van der Waals surface area contributed by atoms with Crippen molar-refractivity contribution in [3.63, 3.8) is 0 Å². The smallest absolute Gasteiger partial charge is 0.132 e. The van der Waals surface area contributed by atoms with Crippen LogP contribution in [-0.2, 0) is 0 Å². The highest BCUT2D eigenvalue weighted by atomic mass is 19.1. The van der Waals surface area contributed by atoms with Gasteiger partial charge in [-0.2, -0.15) is 0 Å². The number of ether oxygens (including phenoxy) is 1. The van der Waals surface area contributed by atoms with E-state index in [-0.39, 0.29) is 12.4 Å². The summed E-state index contributed by atoms with van der Waals surface area (Å²) in [7, 11) is 0. The molecule has 5 heteroatoms. The van der Waals surface area contributed by atoms with Crippen LogP contribution in [0, 0.1) is 5.82 Å². The first-order chi connectivity index (χ1) is 11.0. The van der Waals surface area contributed by atoms with Crippen LogP contribution in [-0.4, -0.2) is 35.4 Å². The number of benzene rings is 2. The number of H-pyrrole nitrogens is 1. The number of rotatable bonds is 6. The molecule has 4 nitrogen and oxygen atoms in total. The van der Waals surface area contributed by atoms with Crippen molar-refractivity contribution >= 4 is 21.8 Å². The van der Waals surface area contributed by atoms with Crippen LogP contribution in [0.25, 0.3) is 21.8 Å². The number of aliphatic hydroxyl groups excluding tert-OH is 1. The van der Waals surface area contributed by atoms with Gasteiger partial charge in [0.15, 0.2) is 0 Å². The molecule has 0 aliphatic carbocycles. The molecule has 1 atom stereocenters. The van der Waals surface area contributed by atoms with E-state index in [9.17, 15) is 9.50 Å². The zero-order chi connectivity index (χ0) is 16.4. The summed E-state index contributed by atoms with van der Waals surface area (Å²) in [5, 5.41) is 14.9. The van der Waals surface area contributed by atoms with Crippen LogP contribution < -0.4 is 10.1 Å². The zero-order valence-corrected chi connectivity index (χ0v) is 13.3. The molecule has 3 rings (SSSR count). The number of nitrogens with one attached hydrogen (secondary N) is 2. The highest BCUT2D eigenvalue weighted by Gasteiger charge is 2.13. The normalized spacial score (nSPS) is 13.1. The number of fused-ring (bicyclic) bond motifs is 3. The molecule has 0 spiro atoms. The molecule has 0 amide bonds. The molecule has 3 N–H and O–H groups in total. The molecule has 1 aromatic heterocycles. The van der Waals surface area contributed by atoms with Crippen molar-refractivity contribution in [3.05, 3.63) is 42.2 Å². The molecule has 0 saturated carbocycles. The van der Waals surface area contributed by atoms with Crippen molar-refractivity contribution in [1.82, 2.24) is 10.3 Å². The lowest BCUT2D eigenvalue weighted by molar-refractivity contribution is 0.105. The largest absolute Gasteiger partial charge is 0.490 e. The lowest BCUT2D eigenvalue weighted by Gasteiger charge is -2.15. The molecular weight excluding hydrogens is 295 g/mol. The summed E-state index contributed by atoms with van der Waals surface area (Å²) in [4.78, 5) is 3.19. The van der Waals surface area contributed by atoms with E-state index < -0.39 is 6.10 Å². The van der Waals surface area contributed by atoms with Gasteiger partial charge in [-0.3, -0.25) is 0 Å². The standard InChI is InChI=1S/C18H21FN2O2/c1-11(2)20-9-13(22)10-23-17-8-12(19)7-16-18(17)14-5-3-4-6-15(14)21-16/h3-8,11,13,20-22H,9-10H2,1-2H3. The first-order valence-electron chi connectivity index (χ1n) is 7.79. The van der Waals surface area contributed by atoms with Crippen molar-refractivity contribution < 1.29 is 14.2 Å². The van der Waals surface area contributed by atoms with Gasteiger partial charge >= 0.3 is 0 Å². The van der Waals surface area contributed by atoms with E-state index in [2.05, 4.69) is 10.3 Å². The lowest BCUT2D eigenvalue weighted by Crippen LogP contribution is -2.35. The Morgan fingerprint density at radius 1 is 1.22 bits per heavy atom. The molecular formula is C18H21FN2O2. The Hall–Kier alpha value is -2.11. The summed E-state index contributed by atoms with van der Waals surface area (Å²) in [6.45, 7) is 4.56. The van der Waals surface area contributed by atoms with E-state index in [1.165, 1.54) is 12.1 Å². The van der Waals surface area contributed by atoms with Crippen LogP contribution in [0.3, 0.4) is 0 Å². The van der Waals surface area contributed by atoms with Gasteiger partial charge in [0.1, 0.15) is 24.3 Å². The fourth-order valence-electron chi connectivity index (χ4n) is 2.64. The Kier molecular flexibility index (Phi) is 4.50. The third-order valence-electron chi connectivity index (χ3n) is 3.73. The molecule has 0 saturated heterocycles. The quantitative estimate of drug-likeness (QED) is 0.654. The van der Waals surface area contributed by atoms with Gasteiger partial charge in [-0.15, -0.1) is 0 Å². The molecule has 23 heavy (non-hydrogen) atoms. The van der Waals surface area contributed by atoms with Crippen molar-refractivity contribution in [1.29, 1.82) is 0 Å². The second kappa shape index (κ2) is 6.56. The Bertz CT molecular complexity index is 813. The van der Waals surface area contributed by atoms with E-state index in [4.69, 9.17) is 4.74 Å². The number of hydrogen-bond donors (Lipinski definition) is 3. The first kappa shape index (κ1) is 15.8. The molecule has 0 radical (unpaired) electrons. The first-order valence-corrected chi connectivity index (χ1v) is 7.79. The van der Waals surface area contributed by atoms with Gasteiger partial charge in [-0.25, -0.2) is 4.39 Å². The average Bonchev–Trinajstić information content (AvgIpc) is 2.88. The van der Waals surface area contributed by atoms with Crippen molar-refractivity contribution in [2.75, 3.05) is 13.2 Å². The Morgan fingerprint density at radius 3 is 2.78 bits per heavy atom. The van der Waals surface area contributed by atoms with Crippen molar-refractivity contribution in [2.45, 2.75) is 26.0 Å². The summed E-state index contributed by atoms with van der Waals surface area (Å²) in [6.07, 6.45) is -0.652. The van der Waals surface area contributed by atoms with Crippen LogP contribution in [0.5, 0.6) is 5.75 Å². The van der Waals surface area contributed by atoms with E-state index in [1.54, 1.807) is 0 Å². The van der Waals surface area contributed by atoms with Crippen molar-refractivity contribution in [2.24, 2.45) is 0 Å². The van der Waals surface area contributed by atoms with Gasteiger partial charge in [-0.05, 0) is 12.1 Å². The number of para-hydroxylation sites is 1. The number of aromatic nitrogens is 1. The molecule has 122 valence electrons. The second-order valence-electron chi connectivity index (χ2n) is 6.02. The molecule has 1 unspecified atom stereocenters. The minimum absolute atomic E-state index is 0.109. The van der Waals surface area contributed by atoms with E-state index in [0.29, 0.717) is 23.9 Å². The lowest BCUT2D eigenvalue weighted by atomic mass is 10.1. The second-order valence-corrected chi connectivity index (χ2v) is 6.02. The molecule has 0 fully saturated rings. The topological polar surface area (TPSA) is 57.3 Å². The highest BCUT2D eigenvalue weighted by molar-refractivity contribution is 6.10. The van der Waals surface area contributed by atoms with Crippen LogP contribution >= 0.6 is 0 Å². The van der Waals surface area contributed by atoms with E-state index in [0.717, 1.165) is 16.3 Å². The van der Waals surface area contributed by atoms with Gasteiger partial charge in [0.05, 0.1) is 5.52 Å². The molecule has 2 aromatic carbocycles. The van der Waals surface area contributed by atoms with Crippen LogP contribution in [0.2, 0.25) is 0 Å². The molecule has 1 heterocycles. The fourth-order valence-corrected chi connectivity index (χ4v) is 2.64. The summed E-state index contributed by atoms with van der Waals surface area (Å²) in [6, 6.07) is 10.9. The summed E-state index contributed by atoms with van der Waals surface area (Å²) >= 11 is 0.